The molecule has 0 spiro atoms. The Balaban J connectivity index is 1.89. The summed E-state index contributed by atoms with van der Waals surface area (Å²) in [5, 5.41) is 9.11. The van der Waals surface area contributed by atoms with Crippen molar-refractivity contribution in [3.63, 3.8) is 0 Å². The second-order valence-corrected chi connectivity index (χ2v) is 5.47. The van der Waals surface area contributed by atoms with Gasteiger partial charge in [0.2, 0.25) is 0 Å². The quantitative estimate of drug-likeness (QED) is 0.910. The first-order valence-electron chi connectivity index (χ1n) is 7.42. The molecule has 1 aliphatic rings. The SMILES string of the molecule is Cc1oc(-c2cc(F)ccc2OCC2CCCO2)cc1C(=O)O. The van der Waals surface area contributed by atoms with Gasteiger partial charge in [-0.3, -0.25) is 0 Å². The summed E-state index contributed by atoms with van der Waals surface area (Å²) in [5.41, 5.74) is 0.438. The van der Waals surface area contributed by atoms with E-state index in [4.69, 9.17) is 19.0 Å². The lowest BCUT2D eigenvalue weighted by molar-refractivity contribution is 0.0680. The number of carboxylic acids is 1. The van der Waals surface area contributed by atoms with Crippen LogP contribution >= 0.6 is 0 Å². The summed E-state index contributed by atoms with van der Waals surface area (Å²) in [6.07, 6.45) is 1.96. The molecule has 1 unspecified atom stereocenters. The predicted molar refractivity (Wildman–Crippen MR) is 80.3 cm³/mol. The van der Waals surface area contributed by atoms with E-state index in [2.05, 4.69) is 0 Å². The molecule has 2 heterocycles. The topological polar surface area (TPSA) is 68.9 Å². The van der Waals surface area contributed by atoms with Gasteiger partial charge in [0.1, 0.15) is 35.3 Å². The van der Waals surface area contributed by atoms with Crippen molar-refractivity contribution in [2.75, 3.05) is 13.2 Å². The molecular weight excluding hydrogens is 303 g/mol. The normalized spacial score (nSPS) is 17.4. The number of carbonyl (C=O) groups is 1. The van der Waals surface area contributed by atoms with Crippen LogP contribution in [0.3, 0.4) is 0 Å². The van der Waals surface area contributed by atoms with E-state index in [1.165, 1.54) is 24.3 Å². The minimum absolute atomic E-state index is 0.0285. The summed E-state index contributed by atoms with van der Waals surface area (Å²) in [6, 6.07) is 5.46. The third-order valence-corrected chi connectivity index (χ3v) is 3.80. The van der Waals surface area contributed by atoms with Crippen LogP contribution in [-0.2, 0) is 4.74 Å². The number of halogens is 1. The Morgan fingerprint density at radius 1 is 1.43 bits per heavy atom. The third kappa shape index (κ3) is 3.37. The van der Waals surface area contributed by atoms with Crippen LogP contribution in [0.4, 0.5) is 4.39 Å². The molecule has 1 fully saturated rings. The van der Waals surface area contributed by atoms with Crippen LogP contribution < -0.4 is 4.74 Å². The number of aryl methyl sites for hydroxylation is 1. The van der Waals surface area contributed by atoms with Gasteiger partial charge >= 0.3 is 5.97 Å². The molecule has 1 saturated heterocycles. The van der Waals surface area contributed by atoms with Crippen LogP contribution in [0.5, 0.6) is 5.75 Å². The van der Waals surface area contributed by atoms with Crippen LogP contribution in [0.15, 0.2) is 28.7 Å². The standard InChI is InChI=1S/C17H17FO5/c1-10-13(17(19)20)8-16(23-10)14-7-11(18)4-5-15(14)22-9-12-3-2-6-21-12/h4-5,7-8,12H,2-3,6,9H2,1H3,(H,19,20). The largest absolute Gasteiger partial charge is 0.490 e. The molecule has 0 radical (unpaired) electrons. The summed E-state index contributed by atoms with van der Waals surface area (Å²) in [5.74, 6) is -0.567. The van der Waals surface area contributed by atoms with Gasteiger partial charge in [-0.05, 0) is 44.0 Å². The first kappa shape index (κ1) is 15.6. The minimum Gasteiger partial charge on any atom is -0.490 e. The Labute approximate surface area is 132 Å². The average molecular weight is 320 g/mol. The monoisotopic (exact) mass is 320 g/mol. The Morgan fingerprint density at radius 3 is 2.91 bits per heavy atom. The first-order chi connectivity index (χ1) is 11.0. The number of hydrogen-bond donors (Lipinski definition) is 1. The lowest BCUT2D eigenvalue weighted by Gasteiger charge is -2.14. The molecule has 1 aromatic heterocycles. The summed E-state index contributed by atoms with van der Waals surface area (Å²) in [4.78, 5) is 11.1. The van der Waals surface area contributed by atoms with E-state index in [1.54, 1.807) is 6.92 Å². The van der Waals surface area contributed by atoms with Crippen molar-refractivity contribution in [1.29, 1.82) is 0 Å². The van der Waals surface area contributed by atoms with Crippen LogP contribution in [0.25, 0.3) is 11.3 Å². The third-order valence-electron chi connectivity index (χ3n) is 3.80. The first-order valence-corrected chi connectivity index (χ1v) is 7.42. The molecule has 6 heteroatoms. The molecule has 23 heavy (non-hydrogen) atoms. The summed E-state index contributed by atoms with van der Waals surface area (Å²) < 4.78 is 30.3. The van der Waals surface area contributed by atoms with E-state index in [0.29, 0.717) is 17.9 Å². The van der Waals surface area contributed by atoms with Crippen LogP contribution in [-0.4, -0.2) is 30.4 Å². The Bertz CT molecular complexity index is 716. The van der Waals surface area contributed by atoms with Gasteiger partial charge in [-0.1, -0.05) is 0 Å². The van der Waals surface area contributed by atoms with Crippen LogP contribution in [0, 0.1) is 12.7 Å². The van der Waals surface area contributed by atoms with Crippen molar-refractivity contribution in [3.8, 4) is 17.1 Å². The van der Waals surface area contributed by atoms with Crippen LogP contribution in [0.2, 0.25) is 0 Å². The Hall–Kier alpha value is -2.34. The molecular formula is C17H17FO5. The van der Waals surface area contributed by atoms with Crippen molar-refractivity contribution in [2.45, 2.75) is 25.9 Å². The molecule has 1 N–H and O–H groups in total. The lowest BCUT2D eigenvalue weighted by Crippen LogP contribution is -2.16. The van der Waals surface area contributed by atoms with E-state index < -0.39 is 11.8 Å². The van der Waals surface area contributed by atoms with Gasteiger partial charge in [0, 0.05) is 6.61 Å². The molecule has 2 aromatic rings. The zero-order valence-corrected chi connectivity index (χ0v) is 12.7. The number of benzene rings is 1. The summed E-state index contributed by atoms with van der Waals surface area (Å²) in [7, 11) is 0. The van der Waals surface area contributed by atoms with Crippen molar-refractivity contribution in [1.82, 2.24) is 0 Å². The number of ether oxygens (including phenoxy) is 2. The van der Waals surface area contributed by atoms with E-state index >= 15 is 0 Å². The van der Waals surface area contributed by atoms with Crippen molar-refractivity contribution >= 4 is 5.97 Å². The fourth-order valence-corrected chi connectivity index (χ4v) is 2.61. The molecule has 0 bridgehead atoms. The van der Waals surface area contributed by atoms with Crippen LogP contribution in [0.1, 0.15) is 29.0 Å². The molecule has 0 amide bonds. The highest BCUT2D eigenvalue weighted by molar-refractivity contribution is 5.90. The van der Waals surface area contributed by atoms with Gasteiger partial charge in [0.25, 0.3) is 0 Å². The van der Waals surface area contributed by atoms with Gasteiger partial charge in [-0.2, -0.15) is 0 Å². The smallest absolute Gasteiger partial charge is 0.339 e. The minimum atomic E-state index is -1.09. The number of rotatable bonds is 5. The molecule has 122 valence electrons. The average Bonchev–Trinajstić information content (AvgIpc) is 3.15. The highest BCUT2D eigenvalue weighted by atomic mass is 19.1. The zero-order chi connectivity index (χ0) is 16.4. The van der Waals surface area contributed by atoms with E-state index in [9.17, 15) is 9.18 Å². The molecule has 0 saturated carbocycles. The molecule has 0 aliphatic carbocycles. The van der Waals surface area contributed by atoms with E-state index in [-0.39, 0.29) is 23.2 Å². The zero-order valence-electron chi connectivity index (χ0n) is 12.7. The predicted octanol–water partition coefficient (Wildman–Crippen LogP) is 3.65. The van der Waals surface area contributed by atoms with Crippen molar-refractivity contribution in [2.24, 2.45) is 0 Å². The Kier molecular flexibility index (Phi) is 4.34. The summed E-state index contributed by atoms with van der Waals surface area (Å²) in [6.45, 7) is 2.65. The second-order valence-electron chi connectivity index (χ2n) is 5.47. The maximum Gasteiger partial charge on any atom is 0.339 e. The van der Waals surface area contributed by atoms with Crippen molar-refractivity contribution < 1.29 is 28.2 Å². The number of hydrogen-bond acceptors (Lipinski definition) is 4. The van der Waals surface area contributed by atoms with Gasteiger partial charge in [-0.15, -0.1) is 0 Å². The molecule has 1 aromatic carbocycles. The van der Waals surface area contributed by atoms with Gasteiger partial charge in [0.15, 0.2) is 0 Å². The maximum absolute atomic E-state index is 13.6. The van der Waals surface area contributed by atoms with Gasteiger partial charge < -0.3 is 19.0 Å². The number of furan rings is 1. The fourth-order valence-electron chi connectivity index (χ4n) is 2.61. The molecule has 5 nitrogen and oxygen atoms in total. The highest BCUT2D eigenvalue weighted by Crippen LogP contribution is 2.34. The lowest BCUT2D eigenvalue weighted by atomic mass is 10.1. The van der Waals surface area contributed by atoms with Gasteiger partial charge in [-0.25, -0.2) is 9.18 Å². The maximum atomic E-state index is 13.6. The second kappa shape index (κ2) is 6.42. The molecule has 1 aliphatic heterocycles. The van der Waals surface area contributed by atoms with E-state index in [0.717, 1.165) is 19.4 Å². The Morgan fingerprint density at radius 2 is 2.26 bits per heavy atom. The fraction of sp³-hybridized carbons (Fsp3) is 0.353. The number of carboxylic acid groups (broad SMARTS) is 1. The van der Waals surface area contributed by atoms with E-state index in [1.807, 2.05) is 0 Å². The van der Waals surface area contributed by atoms with Gasteiger partial charge in [0.05, 0.1) is 11.7 Å². The molecule has 3 rings (SSSR count). The van der Waals surface area contributed by atoms with Crippen molar-refractivity contribution in [3.05, 3.63) is 41.4 Å². The number of aromatic carboxylic acids is 1. The highest BCUT2D eigenvalue weighted by Gasteiger charge is 2.20. The summed E-state index contributed by atoms with van der Waals surface area (Å²) >= 11 is 0. The molecule has 1 atom stereocenters.